The number of nitrogens with one attached hydrogen (secondary N) is 1. The molecule has 0 radical (unpaired) electrons. The molecule has 0 aliphatic rings. The van der Waals surface area contributed by atoms with Gasteiger partial charge in [-0.2, -0.15) is 5.10 Å². The van der Waals surface area contributed by atoms with Gasteiger partial charge in [0.1, 0.15) is 5.75 Å². The normalized spacial score (nSPS) is 11.5. The second-order valence-corrected chi connectivity index (χ2v) is 9.09. The average molecular weight is 479 g/mol. The van der Waals surface area contributed by atoms with Crippen molar-refractivity contribution in [2.24, 2.45) is 0 Å². The van der Waals surface area contributed by atoms with Gasteiger partial charge in [-0.05, 0) is 47.4 Å². The SMILES string of the molecule is CC(C)(C)c1ccc(OCn2ccc(C(=O)Nc3ccc(Br)c4cccnc34)n2)cc1. The van der Waals surface area contributed by atoms with Crippen LogP contribution in [0.25, 0.3) is 10.9 Å². The molecule has 0 bridgehead atoms. The Bertz CT molecular complexity index is 1230. The minimum absolute atomic E-state index is 0.0957. The molecular weight excluding hydrogens is 456 g/mol. The lowest BCUT2D eigenvalue weighted by Gasteiger charge is -2.19. The molecule has 0 fully saturated rings. The smallest absolute Gasteiger partial charge is 0.276 e. The van der Waals surface area contributed by atoms with Crippen LogP contribution >= 0.6 is 15.9 Å². The fourth-order valence-electron chi connectivity index (χ4n) is 3.17. The molecule has 4 rings (SSSR count). The van der Waals surface area contributed by atoms with Crippen molar-refractivity contribution in [2.45, 2.75) is 32.9 Å². The first kappa shape index (κ1) is 21.1. The molecular formula is C24H23BrN4O2. The summed E-state index contributed by atoms with van der Waals surface area (Å²) >= 11 is 3.51. The summed E-state index contributed by atoms with van der Waals surface area (Å²) in [6, 6.07) is 17.2. The molecule has 1 N–H and O–H groups in total. The Morgan fingerprint density at radius 3 is 2.61 bits per heavy atom. The lowest BCUT2D eigenvalue weighted by molar-refractivity contribution is 0.102. The van der Waals surface area contributed by atoms with Crippen LogP contribution in [0.15, 0.2) is 71.5 Å². The highest BCUT2D eigenvalue weighted by molar-refractivity contribution is 9.10. The summed E-state index contributed by atoms with van der Waals surface area (Å²) in [7, 11) is 0. The number of pyridine rings is 1. The van der Waals surface area contributed by atoms with Gasteiger partial charge in [-0.15, -0.1) is 0 Å². The zero-order chi connectivity index (χ0) is 22.0. The Labute approximate surface area is 189 Å². The number of benzene rings is 2. The van der Waals surface area contributed by atoms with Crippen molar-refractivity contribution in [1.29, 1.82) is 0 Å². The topological polar surface area (TPSA) is 69.0 Å². The summed E-state index contributed by atoms with van der Waals surface area (Å²) < 4.78 is 8.31. The van der Waals surface area contributed by atoms with Gasteiger partial charge in [0, 0.05) is 22.3 Å². The maximum Gasteiger partial charge on any atom is 0.276 e. The number of nitrogens with zero attached hydrogens (tertiary/aromatic N) is 3. The number of fused-ring (bicyclic) bond motifs is 1. The first-order valence-electron chi connectivity index (χ1n) is 9.93. The highest BCUT2D eigenvalue weighted by Crippen LogP contribution is 2.28. The Morgan fingerprint density at radius 2 is 1.87 bits per heavy atom. The summed E-state index contributed by atoms with van der Waals surface area (Å²) in [5.74, 6) is 0.449. The molecule has 2 heterocycles. The van der Waals surface area contributed by atoms with E-state index in [-0.39, 0.29) is 18.1 Å². The number of ether oxygens (including phenoxy) is 1. The number of anilines is 1. The largest absolute Gasteiger partial charge is 0.471 e. The monoisotopic (exact) mass is 478 g/mol. The second kappa shape index (κ2) is 8.51. The van der Waals surface area contributed by atoms with Gasteiger partial charge >= 0.3 is 0 Å². The van der Waals surface area contributed by atoms with Crippen molar-refractivity contribution in [3.63, 3.8) is 0 Å². The Kier molecular flexibility index (Phi) is 5.78. The van der Waals surface area contributed by atoms with Gasteiger partial charge in [0.15, 0.2) is 12.4 Å². The third-order valence-electron chi connectivity index (χ3n) is 4.92. The van der Waals surface area contributed by atoms with Gasteiger partial charge in [-0.1, -0.05) is 54.9 Å². The van der Waals surface area contributed by atoms with Crippen molar-refractivity contribution < 1.29 is 9.53 Å². The van der Waals surface area contributed by atoms with E-state index in [9.17, 15) is 4.79 Å². The van der Waals surface area contributed by atoms with E-state index < -0.39 is 0 Å². The van der Waals surface area contributed by atoms with Crippen LogP contribution in [0.2, 0.25) is 0 Å². The molecule has 4 aromatic rings. The minimum atomic E-state index is -0.303. The third kappa shape index (κ3) is 4.77. The van der Waals surface area contributed by atoms with Gasteiger partial charge in [-0.3, -0.25) is 9.78 Å². The fraction of sp³-hybridized carbons (Fsp3) is 0.208. The molecule has 0 unspecified atom stereocenters. The predicted molar refractivity (Wildman–Crippen MR) is 125 cm³/mol. The molecule has 2 aromatic carbocycles. The minimum Gasteiger partial charge on any atom is -0.471 e. The van der Waals surface area contributed by atoms with Gasteiger partial charge < -0.3 is 10.1 Å². The van der Waals surface area contributed by atoms with Crippen molar-refractivity contribution in [3.8, 4) is 5.75 Å². The number of aromatic nitrogens is 3. The van der Waals surface area contributed by atoms with Gasteiger partial charge in [0.2, 0.25) is 0 Å². The van der Waals surface area contributed by atoms with Crippen LogP contribution in [-0.2, 0) is 12.1 Å². The van der Waals surface area contributed by atoms with E-state index in [4.69, 9.17) is 4.74 Å². The molecule has 0 aliphatic heterocycles. The number of carbonyl (C=O) groups is 1. The van der Waals surface area contributed by atoms with Crippen molar-refractivity contribution >= 4 is 38.4 Å². The molecule has 1 amide bonds. The number of amides is 1. The number of halogens is 1. The molecule has 0 saturated heterocycles. The van der Waals surface area contributed by atoms with Crippen molar-refractivity contribution in [1.82, 2.24) is 14.8 Å². The van der Waals surface area contributed by atoms with Crippen LogP contribution in [0.3, 0.4) is 0 Å². The van der Waals surface area contributed by atoms with Gasteiger partial charge in [0.05, 0.1) is 11.2 Å². The lowest BCUT2D eigenvalue weighted by atomic mass is 9.87. The van der Waals surface area contributed by atoms with Crippen molar-refractivity contribution in [3.05, 3.63) is 82.7 Å². The standard InChI is InChI=1S/C24H23BrN4O2/c1-24(2,3)16-6-8-17(9-7-16)31-15-29-14-12-21(28-29)23(30)27-20-11-10-19(25)18-5-4-13-26-22(18)20/h4-14H,15H2,1-3H3,(H,27,30). The molecule has 0 atom stereocenters. The molecule has 2 aromatic heterocycles. The number of rotatable bonds is 5. The van der Waals surface area contributed by atoms with E-state index in [1.165, 1.54) is 5.56 Å². The number of carbonyl (C=O) groups excluding carboxylic acids is 1. The van der Waals surface area contributed by atoms with Gasteiger partial charge in [0.25, 0.3) is 5.91 Å². The van der Waals surface area contributed by atoms with Crippen LogP contribution in [0.1, 0.15) is 36.8 Å². The number of hydrogen-bond donors (Lipinski definition) is 1. The molecule has 0 spiro atoms. The van der Waals surface area contributed by atoms with E-state index >= 15 is 0 Å². The Hall–Kier alpha value is -3.19. The van der Waals surface area contributed by atoms with Crippen LogP contribution < -0.4 is 10.1 Å². The van der Waals surface area contributed by atoms with E-state index in [0.29, 0.717) is 16.9 Å². The van der Waals surface area contributed by atoms with E-state index in [2.05, 4.69) is 64.2 Å². The second-order valence-electron chi connectivity index (χ2n) is 8.24. The fourth-order valence-corrected chi connectivity index (χ4v) is 3.62. The molecule has 0 saturated carbocycles. The molecule has 31 heavy (non-hydrogen) atoms. The van der Waals surface area contributed by atoms with Crippen LogP contribution in [0.4, 0.5) is 5.69 Å². The van der Waals surface area contributed by atoms with E-state index in [1.807, 2.05) is 36.4 Å². The van der Waals surface area contributed by atoms with E-state index in [1.54, 1.807) is 23.1 Å². The highest BCUT2D eigenvalue weighted by atomic mass is 79.9. The zero-order valence-electron chi connectivity index (χ0n) is 17.6. The molecule has 0 aliphatic carbocycles. The summed E-state index contributed by atoms with van der Waals surface area (Å²) in [6.07, 6.45) is 3.42. The van der Waals surface area contributed by atoms with E-state index in [0.717, 1.165) is 15.6 Å². The summed E-state index contributed by atoms with van der Waals surface area (Å²) in [4.78, 5) is 17.1. The molecule has 158 valence electrons. The summed E-state index contributed by atoms with van der Waals surface area (Å²) in [5, 5.41) is 8.15. The Balaban J connectivity index is 1.42. The summed E-state index contributed by atoms with van der Waals surface area (Å²) in [5.41, 5.74) is 2.99. The first-order valence-corrected chi connectivity index (χ1v) is 10.7. The third-order valence-corrected chi connectivity index (χ3v) is 5.61. The molecule has 6 nitrogen and oxygen atoms in total. The Morgan fingerprint density at radius 1 is 1.10 bits per heavy atom. The first-order chi connectivity index (χ1) is 14.8. The quantitative estimate of drug-likeness (QED) is 0.394. The number of hydrogen-bond acceptors (Lipinski definition) is 4. The average Bonchev–Trinajstić information content (AvgIpc) is 3.23. The van der Waals surface area contributed by atoms with Crippen molar-refractivity contribution in [2.75, 3.05) is 5.32 Å². The lowest BCUT2D eigenvalue weighted by Crippen LogP contribution is -2.14. The van der Waals surface area contributed by atoms with Crippen LogP contribution in [-0.4, -0.2) is 20.7 Å². The van der Waals surface area contributed by atoms with Crippen LogP contribution in [0, 0.1) is 0 Å². The zero-order valence-corrected chi connectivity index (χ0v) is 19.2. The highest BCUT2D eigenvalue weighted by Gasteiger charge is 2.14. The van der Waals surface area contributed by atoms with Crippen LogP contribution in [0.5, 0.6) is 5.75 Å². The maximum atomic E-state index is 12.7. The summed E-state index contributed by atoms with van der Waals surface area (Å²) in [6.45, 7) is 6.73. The predicted octanol–water partition coefficient (Wildman–Crippen LogP) is 5.78. The molecule has 7 heteroatoms. The van der Waals surface area contributed by atoms with Gasteiger partial charge in [-0.25, -0.2) is 4.68 Å². The maximum absolute atomic E-state index is 12.7.